The van der Waals surface area contributed by atoms with Crippen LogP contribution in [0.1, 0.15) is 40.0 Å². The summed E-state index contributed by atoms with van der Waals surface area (Å²) in [7, 11) is 0. The Hall–Kier alpha value is -1.12. The molecule has 1 aliphatic heterocycles. The van der Waals surface area contributed by atoms with Crippen LogP contribution in [0.3, 0.4) is 0 Å². The summed E-state index contributed by atoms with van der Waals surface area (Å²) in [6.07, 6.45) is 4.92. The molecule has 0 aromatic heterocycles. The van der Waals surface area contributed by atoms with Crippen molar-refractivity contribution in [3.63, 3.8) is 0 Å². The number of carbonyl (C=O) groups excluding carboxylic acids is 2. The largest absolute Gasteiger partial charge is 0.450 e. The lowest BCUT2D eigenvalue weighted by Gasteiger charge is -2.48. The number of allylic oxidation sites excluding steroid dienone is 1. The van der Waals surface area contributed by atoms with Crippen molar-refractivity contribution in [3.05, 3.63) is 11.6 Å². The van der Waals surface area contributed by atoms with Crippen LogP contribution in [0.25, 0.3) is 0 Å². The monoisotopic (exact) mass is 249 g/mol. The first-order chi connectivity index (χ1) is 8.48. The molecule has 1 heterocycles. The molecule has 0 aromatic carbocycles. The Kier molecular flexibility index (Phi) is 2.45. The smallest absolute Gasteiger partial charge is 0.310 e. The van der Waals surface area contributed by atoms with Crippen molar-refractivity contribution in [2.24, 2.45) is 23.7 Å². The standard InChI is InChI=1S/C15H20O3/c1-8-4-7-12-10(3)14(17)18-15(12)11(8)6-5-9(2)13(15)16/h5,8,10-12H,4,6-7H2,1-3H3/t8-,10-,11+,12+,15+/m1/s1/i2+1. The molecule has 0 aromatic rings. The van der Waals surface area contributed by atoms with E-state index in [1.807, 2.05) is 19.9 Å². The van der Waals surface area contributed by atoms with E-state index in [0.29, 0.717) is 5.92 Å². The Morgan fingerprint density at radius 3 is 2.67 bits per heavy atom. The highest BCUT2D eigenvalue weighted by Gasteiger charge is 2.65. The summed E-state index contributed by atoms with van der Waals surface area (Å²) < 4.78 is 5.69. The molecule has 0 N–H and O–H groups in total. The van der Waals surface area contributed by atoms with Gasteiger partial charge in [0.05, 0.1) is 5.92 Å². The van der Waals surface area contributed by atoms with Gasteiger partial charge >= 0.3 is 5.97 Å². The summed E-state index contributed by atoms with van der Waals surface area (Å²) in [5, 5.41) is 0. The number of ketones is 1. The minimum Gasteiger partial charge on any atom is -0.450 e. The van der Waals surface area contributed by atoms with Crippen LogP contribution in [0.2, 0.25) is 0 Å². The third-order valence-electron chi connectivity index (χ3n) is 5.36. The van der Waals surface area contributed by atoms with Crippen molar-refractivity contribution in [3.8, 4) is 0 Å². The number of hydrogen-bond donors (Lipinski definition) is 0. The molecule has 0 amide bonds. The van der Waals surface area contributed by atoms with E-state index in [1.54, 1.807) is 0 Å². The highest BCUT2D eigenvalue weighted by Crippen LogP contribution is 2.55. The van der Waals surface area contributed by atoms with Gasteiger partial charge in [0.2, 0.25) is 5.78 Å². The molecule has 5 atom stereocenters. The minimum absolute atomic E-state index is 0.0630. The van der Waals surface area contributed by atoms with E-state index >= 15 is 0 Å². The van der Waals surface area contributed by atoms with Gasteiger partial charge in [0.15, 0.2) is 5.60 Å². The van der Waals surface area contributed by atoms with Crippen LogP contribution in [0.15, 0.2) is 11.6 Å². The van der Waals surface area contributed by atoms with Gasteiger partial charge in [-0.3, -0.25) is 9.59 Å². The zero-order chi connectivity index (χ0) is 13.1. The SMILES string of the molecule is C[C@@H]1CC[C@H]2[C@@H](C)C(=O)O[C@]23C(=O)C([13CH3])=CC[C@@H]13. The van der Waals surface area contributed by atoms with E-state index in [2.05, 4.69) is 6.92 Å². The third-order valence-corrected chi connectivity index (χ3v) is 5.36. The molecule has 3 rings (SSSR count). The molecule has 0 unspecified atom stereocenters. The van der Waals surface area contributed by atoms with Crippen molar-refractivity contribution in [2.75, 3.05) is 0 Å². The molecule has 3 aliphatic rings. The van der Waals surface area contributed by atoms with Crippen LogP contribution in [0, 0.1) is 23.7 Å². The first-order valence-electron chi connectivity index (χ1n) is 6.93. The van der Waals surface area contributed by atoms with Crippen molar-refractivity contribution < 1.29 is 14.3 Å². The highest BCUT2D eigenvalue weighted by atomic mass is 16.6. The Balaban J connectivity index is 2.13. The number of hydrogen-bond acceptors (Lipinski definition) is 3. The molecule has 3 heteroatoms. The maximum Gasteiger partial charge on any atom is 0.310 e. The van der Waals surface area contributed by atoms with Crippen molar-refractivity contribution in [1.29, 1.82) is 0 Å². The van der Waals surface area contributed by atoms with Gasteiger partial charge in [0.1, 0.15) is 0 Å². The Morgan fingerprint density at radius 1 is 1.22 bits per heavy atom. The van der Waals surface area contributed by atoms with Gasteiger partial charge in [-0.1, -0.05) is 19.9 Å². The molecule has 0 bridgehead atoms. The van der Waals surface area contributed by atoms with Crippen LogP contribution < -0.4 is 0 Å². The predicted octanol–water partition coefficient (Wildman–Crippen LogP) is 2.50. The number of esters is 1. The van der Waals surface area contributed by atoms with E-state index in [4.69, 9.17) is 4.74 Å². The van der Waals surface area contributed by atoms with E-state index in [0.717, 1.165) is 24.8 Å². The lowest BCUT2D eigenvalue weighted by Crippen LogP contribution is -2.57. The van der Waals surface area contributed by atoms with Crippen molar-refractivity contribution in [2.45, 2.75) is 45.6 Å². The fourth-order valence-corrected chi connectivity index (χ4v) is 4.25. The molecule has 0 radical (unpaired) electrons. The Morgan fingerprint density at radius 2 is 1.94 bits per heavy atom. The second kappa shape index (κ2) is 3.69. The summed E-state index contributed by atoms with van der Waals surface area (Å²) >= 11 is 0. The number of ether oxygens (including phenoxy) is 1. The number of carbonyl (C=O) groups is 2. The summed E-state index contributed by atoms with van der Waals surface area (Å²) in [5.41, 5.74) is -0.0558. The average molecular weight is 249 g/mol. The normalized spacial score (nSPS) is 47.2. The van der Waals surface area contributed by atoms with Gasteiger partial charge in [-0.15, -0.1) is 0 Å². The summed E-state index contributed by atoms with van der Waals surface area (Å²) in [5.74, 6) is 0.473. The van der Waals surface area contributed by atoms with Crippen LogP contribution >= 0.6 is 0 Å². The fourth-order valence-electron chi connectivity index (χ4n) is 4.25. The Bertz CT molecular complexity index is 451. The third kappa shape index (κ3) is 1.25. The van der Waals surface area contributed by atoms with Gasteiger partial charge in [0.25, 0.3) is 0 Å². The molecule has 98 valence electrons. The highest BCUT2D eigenvalue weighted by molar-refractivity contribution is 6.05. The van der Waals surface area contributed by atoms with Crippen LogP contribution in [0.5, 0.6) is 0 Å². The van der Waals surface area contributed by atoms with Crippen molar-refractivity contribution >= 4 is 11.8 Å². The zero-order valence-corrected chi connectivity index (χ0v) is 11.2. The van der Waals surface area contributed by atoms with Gasteiger partial charge in [-0.2, -0.15) is 0 Å². The second-order valence-electron chi connectivity index (χ2n) is 6.22. The van der Waals surface area contributed by atoms with E-state index in [1.165, 1.54) is 0 Å². The number of Topliss-reactive ketones (excluding diaryl/α,β-unsaturated/α-hetero) is 1. The first-order valence-corrected chi connectivity index (χ1v) is 6.93. The minimum atomic E-state index is -0.826. The van der Waals surface area contributed by atoms with E-state index in [-0.39, 0.29) is 29.5 Å². The summed E-state index contributed by atoms with van der Waals surface area (Å²) in [4.78, 5) is 24.6. The first kappa shape index (κ1) is 11.9. The maximum absolute atomic E-state index is 12.7. The molecule has 2 aliphatic carbocycles. The zero-order valence-electron chi connectivity index (χ0n) is 11.2. The number of rotatable bonds is 0. The van der Waals surface area contributed by atoms with Gasteiger partial charge in [0, 0.05) is 11.8 Å². The molecule has 18 heavy (non-hydrogen) atoms. The molecule has 1 saturated heterocycles. The fraction of sp³-hybridized carbons (Fsp3) is 0.733. The van der Waals surface area contributed by atoms with Gasteiger partial charge in [-0.05, 0) is 37.7 Å². The lowest BCUT2D eigenvalue weighted by molar-refractivity contribution is -0.171. The Labute approximate surface area is 108 Å². The van der Waals surface area contributed by atoms with Crippen LogP contribution in [-0.2, 0) is 14.3 Å². The predicted molar refractivity (Wildman–Crippen MR) is 66.7 cm³/mol. The second-order valence-corrected chi connectivity index (χ2v) is 6.22. The van der Waals surface area contributed by atoms with Crippen LogP contribution in [0.4, 0.5) is 0 Å². The molecule has 3 nitrogen and oxygen atoms in total. The molecule has 1 spiro atoms. The van der Waals surface area contributed by atoms with Gasteiger partial charge in [-0.25, -0.2) is 0 Å². The van der Waals surface area contributed by atoms with E-state index in [9.17, 15) is 9.59 Å². The summed E-state index contributed by atoms with van der Waals surface area (Å²) in [6, 6.07) is 0. The molecule has 2 fully saturated rings. The van der Waals surface area contributed by atoms with Crippen LogP contribution in [-0.4, -0.2) is 17.4 Å². The van der Waals surface area contributed by atoms with Gasteiger partial charge < -0.3 is 4.74 Å². The maximum atomic E-state index is 12.7. The van der Waals surface area contributed by atoms with E-state index < -0.39 is 5.60 Å². The average Bonchev–Trinajstić information content (AvgIpc) is 2.59. The molecular formula is C15H20O3. The molecular weight excluding hydrogens is 229 g/mol. The quantitative estimate of drug-likeness (QED) is 0.489. The summed E-state index contributed by atoms with van der Waals surface area (Å²) in [6.45, 7) is 5.94. The lowest BCUT2D eigenvalue weighted by atomic mass is 9.57. The van der Waals surface area contributed by atoms with Crippen molar-refractivity contribution in [1.82, 2.24) is 0 Å². The topological polar surface area (TPSA) is 43.4 Å². The molecule has 1 saturated carbocycles.